The molecule has 1 heterocycles. The summed E-state index contributed by atoms with van der Waals surface area (Å²) < 4.78 is 5.53. The Balaban J connectivity index is 1.82. The van der Waals surface area contributed by atoms with Gasteiger partial charge in [-0.15, -0.1) is 6.58 Å². The van der Waals surface area contributed by atoms with Crippen LogP contribution in [0.3, 0.4) is 0 Å². The van der Waals surface area contributed by atoms with E-state index < -0.39 is 0 Å². The van der Waals surface area contributed by atoms with E-state index in [9.17, 15) is 0 Å². The smallest absolute Gasteiger partial charge is 0.0879 e. The summed E-state index contributed by atoms with van der Waals surface area (Å²) in [6, 6.07) is 0. The van der Waals surface area contributed by atoms with Gasteiger partial charge in [-0.25, -0.2) is 0 Å². The van der Waals surface area contributed by atoms with Crippen LogP contribution in [0.15, 0.2) is 24.8 Å². The first-order valence-electron chi connectivity index (χ1n) is 8.44. The highest BCUT2D eigenvalue weighted by Gasteiger charge is 2.35. The Labute approximate surface area is 126 Å². The van der Waals surface area contributed by atoms with Crippen molar-refractivity contribution in [3.63, 3.8) is 0 Å². The molecule has 0 aromatic heterocycles. The SMILES string of the molecule is C=CCC1OC1CC=CCCCCCCCC(C)(C)C. The molecule has 1 nitrogen and oxygen atoms in total. The van der Waals surface area contributed by atoms with Gasteiger partial charge in [0.05, 0.1) is 12.2 Å². The Kier molecular flexibility index (Phi) is 8.21. The first-order chi connectivity index (χ1) is 9.53. The van der Waals surface area contributed by atoms with Crippen LogP contribution in [0.1, 0.15) is 78.6 Å². The van der Waals surface area contributed by atoms with Crippen LogP contribution in [0.4, 0.5) is 0 Å². The number of ether oxygens (including phenoxy) is 1. The highest BCUT2D eigenvalue weighted by atomic mass is 16.6. The maximum atomic E-state index is 5.53. The van der Waals surface area contributed by atoms with Crippen LogP contribution in [-0.4, -0.2) is 12.2 Å². The zero-order valence-electron chi connectivity index (χ0n) is 13.9. The van der Waals surface area contributed by atoms with Crippen molar-refractivity contribution in [1.82, 2.24) is 0 Å². The minimum atomic E-state index is 0.458. The Bertz CT molecular complexity index is 285. The molecule has 1 fully saturated rings. The topological polar surface area (TPSA) is 12.5 Å². The number of unbranched alkanes of at least 4 members (excludes halogenated alkanes) is 5. The van der Waals surface area contributed by atoms with Crippen molar-refractivity contribution >= 4 is 0 Å². The minimum absolute atomic E-state index is 0.458. The molecule has 0 N–H and O–H groups in total. The van der Waals surface area contributed by atoms with Crippen molar-refractivity contribution in [3.8, 4) is 0 Å². The highest BCUT2D eigenvalue weighted by molar-refractivity contribution is 4.96. The molecule has 0 amide bonds. The van der Waals surface area contributed by atoms with Gasteiger partial charge in [0, 0.05) is 0 Å². The normalized spacial score (nSPS) is 22.4. The molecule has 0 radical (unpaired) electrons. The molecule has 2 unspecified atom stereocenters. The third-order valence-corrected chi connectivity index (χ3v) is 3.92. The average Bonchev–Trinajstić information content (AvgIpc) is 3.09. The third kappa shape index (κ3) is 9.36. The molecule has 0 aliphatic carbocycles. The van der Waals surface area contributed by atoms with Crippen LogP contribution in [0.2, 0.25) is 0 Å². The van der Waals surface area contributed by atoms with Gasteiger partial charge in [-0.3, -0.25) is 0 Å². The summed E-state index contributed by atoms with van der Waals surface area (Å²) in [6.45, 7) is 10.7. The zero-order valence-corrected chi connectivity index (χ0v) is 13.9. The zero-order chi connectivity index (χ0) is 14.8. The quantitative estimate of drug-likeness (QED) is 0.254. The van der Waals surface area contributed by atoms with E-state index >= 15 is 0 Å². The van der Waals surface area contributed by atoms with E-state index in [-0.39, 0.29) is 0 Å². The largest absolute Gasteiger partial charge is 0.369 e. The van der Waals surface area contributed by atoms with Gasteiger partial charge in [0.2, 0.25) is 0 Å². The van der Waals surface area contributed by atoms with Gasteiger partial charge in [0.1, 0.15) is 0 Å². The van der Waals surface area contributed by atoms with E-state index in [0.29, 0.717) is 17.6 Å². The molecule has 1 rings (SSSR count). The fraction of sp³-hybridized carbons (Fsp3) is 0.789. The van der Waals surface area contributed by atoms with E-state index in [4.69, 9.17) is 4.74 Å². The molecule has 1 aliphatic heterocycles. The van der Waals surface area contributed by atoms with Crippen molar-refractivity contribution in [2.45, 2.75) is 90.8 Å². The maximum Gasteiger partial charge on any atom is 0.0879 e. The van der Waals surface area contributed by atoms with Gasteiger partial charge in [-0.1, -0.05) is 64.7 Å². The van der Waals surface area contributed by atoms with E-state index in [1.807, 2.05) is 6.08 Å². The molecule has 1 saturated heterocycles. The maximum absolute atomic E-state index is 5.53. The van der Waals surface area contributed by atoms with Crippen LogP contribution in [0.25, 0.3) is 0 Å². The first kappa shape index (κ1) is 17.5. The fourth-order valence-electron chi connectivity index (χ4n) is 2.55. The van der Waals surface area contributed by atoms with E-state index in [2.05, 4.69) is 39.5 Å². The Morgan fingerprint density at radius 2 is 1.55 bits per heavy atom. The van der Waals surface area contributed by atoms with Gasteiger partial charge in [0.25, 0.3) is 0 Å². The van der Waals surface area contributed by atoms with Crippen LogP contribution in [0.5, 0.6) is 0 Å². The van der Waals surface area contributed by atoms with Gasteiger partial charge in [-0.2, -0.15) is 0 Å². The van der Waals surface area contributed by atoms with Gasteiger partial charge < -0.3 is 4.74 Å². The summed E-state index contributed by atoms with van der Waals surface area (Å²) in [5, 5.41) is 0. The Hall–Kier alpha value is -0.560. The van der Waals surface area contributed by atoms with Crippen molar-refractivity contribution in [2.24, 2.45) is 5.41 Å². The molecule has 1 heteroatoms. The van der Waals surface area contributed by atoms with E-state index in [1.165, 1.54) is 44.9 Å². The first-order valence-corrected chi connectivity index (χ1v) is 8.44. The second-order valence-electron chi connectivity index (χ2n) is 7.31. The van der Waals surface area contributed by atoms with Gasteiger partial charge in [-0.05, 0) is 37.5 Å². The predicted molar refractivity (Wildman–Crippen MR) is 89.0 cm³/mol. The summed E-state index contributed by atoms with van der Waals surface area (Å²) in [6.07, 6.45) is 19.1. The Morgan fingerprint density at radius 1 is 0.900 bits per heavy atom. The van der Waals surface area contributed by atoms with E-state index in [0.717, 1.165) is 12.8 Å². The minimum Gasteiger partial charge on any atom is -0.369 e. The summed E-state index contributed by atoms with van der Waals surface area (Å²) in [7, 11) is 0. The summed E-state index contributed by atoms with van der Waals surface area (Å²) in [4.78, 5) is 0. The monoisotopic (exact) mass is 278 g/mol. The number of epoxide rings is 1. The number of hydrogen-bond donors (Lipinski definition) is 0. The molecule has 1 aliphatic rings. The number of allylic oxidation sites excluding steroid dienone is 1. The fourth-order valence-corrected chi connectivity index (χ4v) is 2.55. The molecule has 0 spiro atoms. The van der Waals surface area contributed by atoms with Gasteiger partial charge in [0.15, 0.2) is 0 Å². The van der Waals surface area contributed by atoms with Gasteiger partial charge >= 0.3 is 0 Å². The lowest BCUT2D eigenvalue weighted by molar-refractivity contribution is 0.356. The second-order valence-corrected chi connectivity index (χ2v) is 7.31. The standard InChI is InChI=1S/C19H34O/c1-5-14-17-18(20-17)15-12-10-8-6-7-9-11-13-16-19(2,3)4/h5,10,12,17-18H,1,6-9,11,13-16H2,2-4H3. The van der Waals surface area contributed by atoms with Crippen LogP contribution < -0.4 is 0 Å². The van der Waals surface area contributed by atoms with Crippen molar-refractivity contribution < 1.29 is 4.74 Å². The Morgan fingerprint density at radius 3 is 2.25 bits per heavy atom. The molecule has 0 saturated carbocycles. The van der Waals surface area contributed by atoms with Crippen LogP contribution in [-0.2, 0) is 4.74 Å². The van der Waals surface area contributed by atoms with Crippen LogP contribution >= 0.6 is 0 Å². The molecule has 2 atom stereocenters. The molecule has 0 aromatic rings. The lowest BCUT2D eigenvalue weighted by Gasteiger charge is -2.17. The molecule has 0 aromatic carbocycles. The second kappa shape index (κ2) is 9.39. The molecule has 20 heavy (non-hydrogen) atoms. The lowest BCUT2D eigenvalue weighted by atomic mass is 9.89. The predicted octanol–water partition coefficient (Wildman–Crippen LogP) is 6.05. The van der Waals surface area contributed by atoms with Crippen molar-refractivity contribution in [1.29, 1.82) is 0 Å². The molecular weight excluding hydrogens is 244 g/mol. The number of rotatable bonds is 11. The summed E-state index contributed by atoms with van der Waals surface area (Å²) in [5.74, 6) is 0. The average molecular weight is 278 g/mol. The van der Waals surface area contributed by atoms with Crippen molar-refractivity contribution in [2.75, 3.05) is 0 Å². The molecule has 0 bridgehead atoms. The molecular formula is C19H34O. The highest BCUT2D eigenvalue weighted by Crippen LogP contribution is 2.28. The summed E-state index contributed by atoms with van der Waals surface area (Å²) >= 11 is 0. The third-order valence-electron chi connectivity index (χ3n) is 3.92. The van der Waals surface area contributed by atoms with E-state index in [1.54, 1.807) is 0 Å². The van der Waals surface area contributed by atoms with Crippen LogP contribution in [0, 0.1) is 5.41 Å². The molecule has 116 valence electrons. The lowest BCUT2D eigenvalue weighted by Crippen LogP contribution is -2.03. The number of hydrogen-bond acceptors (Lipinski definition) is 1. The van der Waals surface area contributed by atoms with Crippen molar-refractivity contribution in [3.05, 3.63) is 24.8 Å². The summed E-state index contributed by atoms with van der Waals surface area (Å²) in [5.41, 5.74) is 0.511.